The average Bonchev–Trinajstić information content (AvgIpc) is 2.45. The summed E-state index contributed by atoms with van der Waals surface area (Å²) in [7, 11) is 0. The molecule has 0 radical (unpaired) electrons. The molecule has 0 aromatic carbocycles. The monoisotopic (exact) mass is 292 g/mol. The number of piperazine rings is 1. The van der Waals surface area contributed by atoms with E-state index in [1.807, 2.05) is 31.7 Å². The molecular weight excluding hydrogens is 268 g/mol. The van der Waals surface area contributed by atoms with Crippen LogP contribution in [0.4, 0.5) is 11.5 Å². The van der Waals surface area contributed by atoms with Crippen molar-refractivity contribution in [1.82, 2.24) is 9.88 Å². The minimum Gasteiger partial charge on any atom is -0.384 e. The van der Waals surface area contributed by atoms with E-state index in [0.29, 0.717) is 18.9 Å². The Kier molecular flexibility index (Phi) is 4.67. The van der Waals surface area contributed by atoms with Crippen LogP contribution in [0.15, 0.2) is 18.3 Å². The molecule has 116 valence electrons. The molecule has 1 aliphatic rings. The summed E-state index contributed by atoms with van der Waals surface area (Å²) in [5.41, 5.74) is 6.35. The Balaban J connectivity index is 1.82. The van der Waals surface area contributed by atoms with E-state index in [-0.39, 0.29) is 18.1 Å². The standard InChI is InChI=1S/C15H24N4O2/c1-15(2,3)21-11-14(20)19-8-6-18(7-9-19)12-4-5-13(16)17-10-12/h4-5,10H,6-9,11H2,1-3H3,(H2,16,17). The molecule has 0 saturated carbocycles. The first kappa shape index (κ1) is 15.6. The second-order valence-corrected chi connectivity index (χ2v) is 6.21. The Morgan fingerprint density at radius 1 is 1.29 bits per heavy atom. The summed E-state index contributed by atoms with van der Waals surface area (Å²) in [6.07, 6.45) is 1.77. The van der Waals surface area contributed by atoms with Crippen molar-refractivity contribution in [2.45, 2.75) is 26.4 Å². The van der Waals surface area contributed by atoms with Gasteiger partial charge >= 0.3 is 0 Å². The molecule has 0 spiro atoms. The maximum atomic E-state index is 12.1. The third-order valence-electron chi connectivity index (χ3n) is 3.40. The maximum absolute atomic E-state index is 12.1. The zero-order valence-corrected chi connectivity index (χ0v) is 13.0. The van der Waals surface area contributed by atoms with Crippen LogP contribution in [0.2, 0.25) is 0 Å². The van der Waals surface area contributed by atoms with Crippen LogP contribution in [0, 0.1) is 0 Å². The highest BCUT2D eigenvalue weighted by atomic mass is 16.5. The molecule has 1 aliphatic heterocycles. The molecule has 2 N–H and O–H groups in total. The van der Waals surface area contributed by atoms with Crippen molar-refractivity contribution < 1.29 is 9.53 Å². The smallest absolute Gasteiger partial charge is 0.248 e. The number of nitrogens with two attached hydrogens (primary N) is 1. The van der Waals surface area contributed by atoms with Crippen molar-refractivity contribution in [3.8, 4) is 0 Å². The first-order valence-corrected chi connectivity index (χ1v) is 7.23. The molecule has 6 nitrogen and oxygen atoms in total. The van der Waals surface area contributed by atoms with Crippen LogP contribution >= 0.6 is 0 Å². The van der Waals surface area contributed by atoms with Crippen molar-refractivity contribution in [3.05, 3.63) is 18.3 Å². The zero-order valence-electron chi connectivity index (χ0n) is 13.0. The van der Waals surface area contributed by atoms with Crippen LogP contribution in [0.25, 0.3) is 0 Å². The number of anilines is 2. The van der Waals surface area contributed by atoms with Gasteiger partial charge in [0, 0.05) is 26.2 Å². The zero-order chi connectivity index (χ0) is 15.5. The second kappa shape index (κ2) is 6.30. The number of nitrogen functional groups attached to an aromatic ring is 1. The van der Waals surface area contributed by atoms with Gasteiger partial charge in [0.25, 0.3) is 0 Å². The van der Waals surface area contributed by atoms with E-state index in [0.717, 1.165) is 18.8 Å². The third-order valence-corrected chi connectivity index (χ3v) is 3.40. The van der Waals surface area contributed by atoms with Crippen molar-refractivity contribution in [1.29, 1.82) is 0 Å². The maximum Gasteiger partial charge on any atom is 0.248 e. The minimum absolute atomic E-state index is 0.0556. The number of ether oxygens (including phenoxy) is 1. The Morgan fingerprint density at radius 2 is 1.95 bits per heavy atom. The van der Waals surface area contributed by atoms with Gasteiger partial charge in [0.15, 0.2) is 0 Å². The normalized spacial score (nSPS) is 16.1. The predicted octanol–water partition coefficient (Wildman–Crippen LogP) is 1.13. The lowest BCUT2D eigenvalue weighted by molar-refractivity contribution is -0.141. The summed E-state index contributed by atoms with van der Waals surface area (Å²) in [5, 5.41) is 0. The predicted molar refractivity (Wildman–Crippen MR) is 83.1 cm³/mol. The van der Waals surface area contributed by atoms with Crippen LogP contribution in [-0.2, 0) is 9.53 Å². The number of rotatable bonds is 3. The summed E-state index contributed by atoms with van der Waals surface area (Å²) < 4.78 is 5.54. The Bertz CT molecular complexity index is 473. The number of carbonyl (C=O) groups excluding carboxylic acids is 1. The minimum atomic E-state index is -0.285. The van der Waals surface area contributed by atoms with Gasteiger partial charge in [-0.25, -0.2) is 4.98 Å². The van der Waals surface area contributed by atoms with Gasteiger partial charge in [-0.05, 0) is 32.9 Å². The lowest BCUT2D eigenvalue weighted by Crippen LogP contribution is -2.50. The second-order valence-electron chi connectivity index (χ2n) is 6.21. The number of carbonyl (C=O) groups is 1. The molecular formula is C15H24N4O2. The average molecular weight is 292 g/mol. The molecule has 0 unspecified atom stereocenters. The van der Waals surface area contributed by atoms with Gasteiger partial charge in [0.05, 0.1) is 17.5 Å². The van der Waals surface area contributed by atoms with Crippen LogP contribution in [0.1, 0.15) is 20.8 Å². The fourth-order valence-electron chi connectivity index (χ4n) is 2.17. The highest BCUT2D eigenvalue weighted by Crippen LogP contribution is 2.16. The van der Waals surface area contributed by atoms with Gasteiger partial charge < -0.3 is 20.3 Å². The highest BCUT2D eigenvalue weighted by Gasteiger charge is 2.23. The van der Waals surface area contributed by atoms with E-state index in [1.54, 1.807) is 12.3 Å². The molecule has 0 aliphatic carbocycles. The van der Waals surface area contributed by atoms with Gasteiger partial charge in [0.2, 0.25) is 5.91 Å². The molecule has 1 fully saturated rings. The van der Waals surface area contributed by atoms with Gasteiger partial charge in [-0.2, -0.15) is 0 Å². The molecule has 1 aromatic rings. The molecule has 1 amide bonds. The Labute approximate surface area is 125 Å². The summed E-state index contributed by atoms with van der Waals surface area (Å²) in [6.45, 7) is 9.00. The topological polar surface area (TPSA) is 71.7 Å². The molecule has 6 heteroatoms. The Morgan fingerprint density at radius 3 is 2.48 bits per heavy atom. The number of hydrogen-bond donors (Lipinski definition) is 1. The van der Waals surface area contributed by atoms with E-state index < -0.39 is 0 Å². The van der Waals surface area contributed by atoms with E-state index in [4.69, 9.17) is 10.5 Å². The van der Waals surface area contributed by atoms with Crippen LogP contribution in [-0.4, -0.2) is 54.2 Å². The van der Waals surface area contributed by atoms with E-state index >= 15 is 0 Å². The van der Waals surface area contributed by atoms with Gasteiger partial charge in [-0.1, -0.05) is 0 Å². The number of nitrogens with zero attached hydrogens (tertiary/aromatic N) is 3. The van der Waals surface area contributed by atoms with Gasteiger partial charge in [0.1, 0.15) is 12.4 Å². The third kappa shape index (κ3) is 4.60. The van der Waals surface area contributed by atoms with E-state index in [2.05, 4.69) is 9.88 Å². The number of aromatic nitrogens is 1. The molecule has 1 saturated heterocycles. The van der Waals surface area contributed by atoms with E-state index in [9.17, 15) is 4.79 Å². The summed E-state index contributed by atoms with van der Waals surface area (Å²) >= 11 is 0. The lowest BCUT2D eigenvalue weighted by Gasteiger charge is -2.36. The first-order chi connectivity index (χ1) is 9.85. The lowest BCUT2D eigenvalue weighted by atomic mass is 10.2. The largest absolute Gasteiger partial charge is 0.384 e. The number of hydrogen-bond acceptors (Lipinski definition) is 5. The fourth-order valence-corrected chi connectivity index (χ4v) is 2.17. The fraction of sp³-hybridized carbons (Fsp3) is 0.600. The molecule has 2 heterocycles. The summed E-state index contributed by atoms with van der Waals surface area (Å²) in [5.74, 6) is 0.576. The highest BCUT2D eigenvalue weighted by molar-refractivity contribution is 5.77. The number of pyridine rings is 1. The molecule has 0 atom stereocenters. The van der Waals surface area contributed by atoms with Crippen molar-refractivity contribution in [2.24, 2.45) is 0 Å². The Hall–Kier alpha value is -1.82. The van der Waals surface area contributed by atoms with Crippen molar-refractivity contribution in [2.75, 3.05) is 43.4 Å². The molecule has 21 heavy (non-hydrogen) atoms. The quantitative estimate of drug-likeness (QED) is 0.904. The summed E-state index contributed by atoms with van der Waals surface area (Å²) in [6, 6.07) is 3.76. The SMILES string of the molecule is CC(C)(C)OCC(=O)N1CCN(c2ccc(N)nc2)CC1. The van der Waals surface area contributed by atoms with Crippen molar-refractivity contribution in [3.63, 3.8) is 0 Å². The van der Waals surface area contributed by atoms with Crippen LogP contribution in [0.5, 0.6) is 0 Å². The van der Waals surface area contributed by atoms with Crippen molar-refractivity contribution >= 4 is 17.4 Å². The van der Waals surface area contributed by atoms with Gasteiger partial charge in [-0.3, -0.25) is 4.79 Å². The van der Waals surface area contributed by atoms with Crippen LogP contribution in [0.3, 0.4) is 0 Å². The number of amides is 1. The molecule has 1 aromatic heterocycles. The molecule has 0 bridgehead atoms. The first-order valence-electron chi connectivity index (χ1n) is 7.23. The van der Waals surface area contributed by atoms with E-state index in [1.165, 1.54) is 0 Å². The molecule has 2 rings (SSSR count). The van der Waals surface area contributed by atoms with Crippen LogP contribution < -0.4 is 10.6 Å². The summed E-state index contributed by atoms with van der Waals surface area (Å²) in [4.78, 5) is 20.2. The van der Waals surface area contributed by atoms with Gasteiger partial charge in [-0.15, -0.1) is 0 Å².